The Labute approximate surface area is 130 Å². The van der Waals surface area contributed by atoms with Crippen LogP contribution < -0.4 is 0 Å². The maximum atomic E-state index is 10.4. The highest BCUT2D eigenvalue weighted by Gasteiger charge is 2.24. The molecule has 0 atom stereocenters. The van der Waals surface area contributed by atoms with Crippen LogP contribution >= 0.6 is 0 Å². The summed E-state index contributed by atoms with van der Waals surface area (Å²) in [5, 5.41) is 19.4. The van der Waals surface area contributed by atoms with Gasteiger partial charge in [-0.15, -0.1) is 0 Å². The molecule has 1 aromatic rings. The number of aliphatic hydroxyl groups is 1. The van der Waals surface area contributed by atoms with E-state index in [1.54, 1.807) is 0 Å². The number of hydrogen-bond donors (Lipinski definition) is 2. The van der Waals surface area contributed by atoms with Gasteiger partial charge >= 0.3 is 0 Å². The minimum absolute atomic E-state index is 0.0109. The second-order valence-corrected chi connectivity index (χ2v) is 6.83. The van der Waals surface area contributed by atoms with Gasteiger partial charge in [-0.1, -0.05) is 52.2 Å². The van der Waals surface area contributed by atoms with E-state index in [-0.39, 0.29) is 12.0 Å². The first kappa shape index (κ1) is 18.0. The third-order valence-electron chi connectivity index (χ3n) is 4.37. The summed E-state index contributed by atoms with van der Waals surface area (Å²) in [5.74, 6) is 0.461. The molecule has 2 heteroatoms. The maximum absolute atomic E-state index is 10.4. The summed E-state index contributed by atoms with van der Waals surface area (Å²) in [6.45, 7) is 8.92. The zero-order valence-electron chi connectivity index (χ0n) is 14.2. The van der Waals surface area contributed by atoms with Crippen molar-refractivity contribution in [2.75, 3.05) is 6.61 Å². The number of aromatic hydroxyl groups is 1. The lowest BCUT2D eigenvalue weighted by Gasteiger charge is -2.27. The van der Waals surface area contributed by atoms with Crippen LogP contribution in [0.1, 0.15) is 76.0 Å². The molecule has 0 amide bonds. The molecule has 0 bridgehead atoms. The Morgan fingerprint density at radius 3 is 2.38 bits per heavy atom. The maximum Gasteiger partial charge on any atom is 0.122 e. The van der Waals surface area contributed by atoms with Crippen molar-refractivity contribution in [3.63, 3.8) is 0 Å². The Balaban J connectivity index is 2.93. The topological polar surface area (TPSA) is 40.5 Å². The van der Waals surface area contributed by atoms with Gasteiger partial charge in [0.1, 0.15) is 5.75 Å². The highest BCUT2D eigenvalue weighted by molar-refractivity contribution is 5.46. The molecule has 0 saturated carbocycles. The first-order valence-corrected chi connectivity index (χ1v) is 8.36. The molecule has 0 aliphatic carbocycles. The molecule has 0 heterocycles. The van der Waals surface area contributed by atoms with E-state index in [1.165, 1.54) is 24.8 Å². The zero-order chi connectivity index (χ0) is 15.9. The van der Waals surface area contributed by atoms with Crippen molar-refractivity contribution in [2.45, 2.75) is 78.1 Å². The molecule has 1 aromatic carbocycles. The van der Waals surface area contributed by atoms with E-state index in [1.807, 2.05) is 6.92 Å². The van der Waals surface area contributed by atoms with Crippen molar-refractivity contribution >= 4 is 0 Å². The first-order valence-electron chi connectivity index (χ1n) is 8.36. The van der Waals surface area contributed by atoms with E-state index in [0.29, 0.717) is 5.75 Å². The Kier molecular flexibility index (Phi) is 7.24. The Hall–Kier alpha value is -1.02. The van der Waals surface area contributed by atoms with Gasteiger partial charge in [0.15, 0.2) is 0 Å². The molecule has 2 N–H and O–H groups in total. The predicted octanol–water partition coefficient (Wildman–Crippen LogP) is 4.87. The minimum Gasteiger partial charge on any atom is -0.507 e. The quantitative estimate of drug-likeness (QED) is 0.637. The van der Waals surface area contributed by atoms with Crippen molar-refractivity contribution in [1.29, 1.82) is 0 Å². The summed E-state index contributed by atoms with van der Waals surface area (Å²) in [6.07, 6.45) is 7.59. The number of aliphatic hydroxyl groups excluding tert-OH is 1. The van der Waals surface area contributed by atoms with Gasteiger partial charge in [0, 0.05) is 12.2 Å². The number of benzene rings is 1. The summed E-state index contributed by atoms with van der Waals surface area (Å²) in [4.78, 5) is 0. The number of rotatable bonds is 9. The second-order valence-electron chi connectivity index (χ2n) is 6.83. The number of hydrogen-bond acceptors (Lipinski definition) is 2. The fraction of sp³-hybridized carbons (Fsp3) is 0.684. The number of phenols is 1. The van der Waals surface area contributed by atoms with Crippen LogP contribution in [0.25, 0.3) is 0 Å². The third-order valence-corrected chi connectivity index (χ3v) is 4.37. The highest BCUT2D eigenvalue weighted by Crippen LogP contribution is 2.38. The van der Waals surface area contributed by atoms with Gasteiger partial charge in [0.2, 0.25) is 0 Å². The summed E-state index contributed by atoms with van der Waals surface area (Å²) < 4.78 is 0. The van der Waals surface area contributed by atoms with Gasteiger partial charge in [0.05, 0.1) is 0 Å². The van der Waals surface area contributed by atoms with E-state index in [4.69, 9.17) is 5.11 Å². The van der Waals surface area contributed by atoms with Crippen LogP contribution in [0.5, 0.6) is 5.75 Å². The molecule has 21 heavy (non-hydrogen) atoms. The molecule has 0 spiro atoms. The summed E-state index contributed by atoms with van der Waals surface area (Å²) in [6, 6.07) is 4.25. The van der Waals surface area contributed by atoms with Gasteiger partial charge in [-0.2, -0.15) is 0 Å². The molecule has 0 saturated heterocycles. The molecule has 0 aromatic heterocycles. The lowest BCUT2D eigenvalue weighted by molar-refractivity contribution is 0.284. The molecular weight excluding hydrogens is 260 g/mol. The number of unbranched alkanes of at least 4 members (excludes halogenated alkanes) is 3. The lowest BCUT2D eigenvalue weighted by atomic mass is 9.78. The van der Waals surface area contributed by atoms with Crippen LogP contribution in [0, 0.1) is 6.92 Å². The Bertz CT molecular complexity index is 435. The van der Waals surface area contributed by atoms with E-state index < -0.39 is 0 Å². The number of aryl methyl sites for hydroxylation is 2. The van der Waals surface area contributed by atoms with Gasteiger partial charge in [-0.25, -0.2) is 0 Å². The average molecular weight is 292 g/mol. The Morgan fingerprint density at radius 2 is 1.76 bits per heavy atom. The van der Waals surface area contributed by atoms with Gasteiger partial charge in [0.25, 0.3) is 0 Å². The largest absolute Gasteiger partial charge is 0.507 e. The third kappa shape index (κ3) is 5.35. The van der Waals surface area contributed by atoms with Crippen molar-refractivity contribution in [1.82, 2.24) is 0 Å². The first-order chi connectivity index (χ1) is 9.92. The molecular formula is C19H32O2. The summed E-state index contributed by atoms with van der Waals surface area (Å²) in [7, 11) is 0. The SMILES string of the molecule is CCCCCC(C)(C)c1cc(CCCCO)cc(C)c1O. The van der Waals surface area contributed by atoms with Gasteiger partial charge < -0.3 is 10.2 Å². The summed E-state index contributed by atoms with van der Waals surface area (Å²) in [5.41, 5.74) is 3.33. The van der Waals surface area contributed by atoms with Crippen molar-refractivity contribution < 1.29 is 10.2 Å². The fourth-order valence-electron chi connectivity index (χ4n) is 2.91. The van der Waals surface area contributed by atoms with Crippen LogP contribution in [-0.4, -0.2) is 16.8 Å². The van der Waals surface area contributed by atoms with Crippen molar-refractivity contribution in [3.8, 4) is 5.75 Å². The van der Waals surface area contributed by atoms with Crippen molar-refractivity contribution in [2.24, 2.45) is 0 Å². The molecule has 0 fully saturated rings. The number of phenolic OH excluding ortho intramolecular Hbond substituents is 1. The molecule has 120 valence electrons. The molecule has 0 unspecified atom stereocenters. The molecule has 0 radical (unpaired) electrons. The molecule has 1 rings (SSSR count). The Morgan fingerprint density at radius 1 is 1.05 bits per heavy atom. The normalized spacial score (nSPS) is 11.9. The monoisotopic (exact) mass is 292 g/mol. The lowest BCUT2D eigenvalue weighted by Crippen LogP contribution is -2.18. The predicted molar refractivity (Wildman–Crippen MR) is 90.0 cm³/mol. The van der Waals surface area contributed by atoms with E-state index in [0.717, 1.165) is 36.8 Å². The smallest absolute Gasteiger partial charge is 0.122 e. The molecule has 0 aliphatic heterocycles. The van der Waals surface area contributed by atoms with Crippen LogP contribution in [0.3, 0.4) is 0 Å². The van der Waals surface area contributed by atoms with Gasteiger partial charge in [-0.05, 0) is 49.1 Å². The van der Waals surface area contributed by atoms with E-state index >= 15 is 0 Å². The summed E-state index contributed by atoms with van der Waals surface area (Å²) >= 11 is 0. The van der Waals surface area contributed by atoms with Gasteiger partial charge in [-0.3, -0.25) is 0 Å². The van der Waals surface area contributed by atoms with Crippen LogP contribution in [-0.2, 0) is 11.8 Å². The van der Waals surface area contributed by atoms with Crippen molar-refractivity contribution in [3.05, 3.63) is 28.8 Å². The standard InChI is InChI=1S/C19H32O2/c1-5-6-8-11-19(3,4)17-14-16(10-7-9-12-20)13-15(2)18(17)21/h13-14,20-21H,5-12H2,1-4H3. The van der Waals surface area contributed by atoms with E-state index in [2.05, 4.69) is 32.9 Å². The van der Waals surface area contributed by atoms with E-state index in [9.17, 15) is 5.11 Å². The second kappa shape index (κ2) is 8.43. The molecule has 0 aliphatic rings. The molecule has 2 nitrogen and oxygen atoms in total. The minimum atomic E-state index is 0.0109. The highest BCUT2D eigenvalue weighted by atomic mass is 16.3. The van der Waals surface area contributed by atoms with Crippen LogP contribution in [0.15, 0.2) is 12.1 Å². The fourth-order valence-corrected chi connectivity index (χ4v) is 2.91. The van der Waals surface area contributed by atoms with Crippen LogP contribution in [0.4, 0.5) is 0 Å². The average Bonchev–Trinajstić information content (AvgIpc) is 2.42. The zero-order valence-corrected chi connectivity index (χ0v) is 14.2. The van der Waals surface area contributed by atoms with Crippen LogP contribution in [0.2, 0.25) is 0 Å².